The number of carbonyl (C=O) groups is 1. The third-order valence-electron chi connectivity index (χ3n) is 6.00. The summed E-state index contributed by atoms with van der Waals surface area (Å²) in [5.74, 6) is 0.419. The molecule has 0 N–H and O–H groups in total. The zero-order valence-corrected chi connectivity index (χ0v) is 22.2. The van der Waals surface area contributed by atoms with Gasteiger partial charge in [-0.3, -0.25) is 19.5 Å². The van der Waals surface area contributed by atoms with Crippen molar-refractivity contribution in [2.24, 2.45) is 4.99 Å². The molecule has 0 amide bonds. The molecule has 1 aromatic heterocycles. The largest absolute Gasteiger partial charge is 0.497 e. The van der Waals surface area contributed by atoms with Crippen LogP contribution in [0.15, 0.2) is 63.5 Å². The number of benzene rings is 2. The summed E-state index contributed by atoms with van der Waals surface area (Å²) in [7, 11) is 3.04. The number of non-ortho nitro benzene ring substituents is 1. The van der Waals surface area contributed by atoms with E-state index in [1.54, 1.807) is 43.3 Å². The highest BCUT2D eigenvalue weighted by atomic mass is 32.1. The Kier molecular flexibility index (Phi) is 8.06. The van der Waals surface area contributed by atoms with Crippen molar-refractivity contribution >= 4 is 29.1 Å². The van der Waals surface area contributed by atoms with Crippen molar-refractivity contribution in [3.63, 3.8) is 0 Å². The molecule has 10 nitrogen and oxygen atoms in total. The first-order valence-corrected chi connectivity index (χ1v) is 12.8. The van der Waals surface area contributed by atoms with Crippen molar-refractivity contribution in [3.05, 3.63) is 94.7 Å². The van der Waals surface area contributed by atoms with Gasteiger partial charge in [0.1, 0.15) is 17.5 Å². The second-order valence-corrected chi connectivity index (χ2v) is 9.38. The zero-order valence-electron chi connectivity index (χ0n) is 21.4. The van der Waals surface area contributed by atoms with Crippen LogP contribution in [0.2, 0.25) is 0 Å². The molecule has 1 atom stereocenters. The van der Waals surface area contributed by atoms with E-state index in [-0.39, 0.29) is 17.9 Å². The van der Waals surface area contributed by atoms with Crippen molar-refractivity contribution in [1.82, 2.24) is 4.57 Å². The summed E-state index contributed by atoms with van der Waals surface area (Å²) >= 11 is 1.15. The van der Waals surface area contributed by atoms with Crippen LogP contribution in [0.25, 0.3) is 6.08 Å². The molecule has 4 rings (SSSR count). The highest BCUT2D eigenvalue weighted by Gasteiger charge is 2.36. The van der Waals surface area contributed by atoms with E-state index in [1.165, 1.54) is 30.9 Å². The van der Waals surface area contributed by atoms with Crippen LogP contribution in [0, 0.1) is 10.1 Å². The third kappa shape index (κ3) is 5.10. The van der Waals surface area contributed by atoms with Crippen LogP contribution >= 0.6 is 11.3 Å². The summed E-state index contributed by atoms with van der Waals surface area (Å²) in [6, 6.07) is 10.3. The van der Waals surface area contributed by atoms with Gasteiger partial charge in [-0.1, -0.05) is 36.8 Å². The summed E-state index contributed by atoms with van der Waals surface area (Å²) in [6.45, 7) is 3.85. The lowest BCUT2D eigenvalue weighted by Crippen LogP contribution is -2.40. The van der Waals surface area contributed by atoms with Gasteiger partial charge >= 0.3 is 5.97 Å². The number of aromatic nitrogens is 1. The monoisotopic (exact) mass is 537 g/mol. The third-order valence-corrected chi connectivity index (χ3v) is 6.99. The van der Waals surface area contributed by atoms with Gasteiger partial charge in [0.25, 0.3) is 11.2 Å². The van der Waals surface area contributed by atoms with Crippen LogP contribution in [0.5, 0.6) is 11.5 Å². The average Bonchev–Trinajstić information content (AvgIpc) is 3.22. The number of thiazole rings is 1. The molecule has 3 aromatic rings. The van der Waals surface area contributed by atoms with Crippen LogP contribution < -0.4 is 24.4 Å². The molecule has 0 aliphatic carbocycles. The number of fused-ring (bicyclic) bond motifs is 1. The lowest BCUT2D eigenvalue weighted by Gasteiger charge is -2.27. The molecule has 0 fully saturated rings. The van der Waals surface area contributed by atoms with Crippen molar-refractivity contribution in [2.75, 3.05) is 20.8 Å². The lowest BCUT2D eigenvalue weighted by molar-refractivity contribution is -0.384. The van der Waals surface area contributed by atoms with Gasteiger partial charge in [0.2, 0.25) is 0 Å². The predicted octanol–water partition coefficient (Wildman–Crippen LogP) is 3.50. The van der Waals surface area contributed by atoms with Crippen LogP contribution in [0.3, 0.4) is 0 Å². The first kappa shape index (κ1) is 26.8. The van der Waals surface area contributed by atoms with E-state index in [0.29, 0.717) is 50.5 Å². The lowest BCUT2D eigenvalue weighted by atomic mass is 9.93. The van der Waals surface area contributed by atoms with E-state index in [0.717, 1.165) is 11.3 Å². The summed E-state index contributed by atoms with van der Waals surface area (Å²) in [5, 5.41) is 11.2. The summed E-state index contributed by atoms with van der Waals surface area (Å²) < 4.78 is 18.3. The minimum absolute atomic E-state index is 0.0830. The average molecular weight is 538 g/mol. The van der Waals surface area contributed by atoms with E-state index in [2.05, 4.69) is 0 Å². The van der Waals surface area contributed by atoms with Gasteiger partial charge in [0.05, 0.1) is 41.6 Å². The van der Waals surface area contributed by atoms with E-state index < -0.39 is 22.5 Å². The zero-order chi connectivity index (χ0) is 27.4. The van der Waals surface area contributed by atoms with Gasteiger partial charge in [-0.05, 0) is 43.2 Å². The molecular weight excluding hydrogens is 510 g/mol. The van der Waals surface area contributed by atoms with Gasteiger partial charge in [-0.25, -0.2) is 9.79 Å². The molecule has 0 saturated heterocycles. The second-order valence-electron chi connectivity index (χ2n) is 8.37. The minimum Gasteiger partial charge on any atom is -0.497 e. The van der Waals surface area contributed by atoms with Gasteiger partial charge in [0, 0.05) is 17.7 Å². The van der Waals surface area contributed by atoms with Gasteiger partial charge in [0.15, 0.2) is 4.80 Å². The molecule has 2 aromatic carbocycles. The predicted molar refractivity (Wildman–Crippen MR) is 142 cm³/mol. The topological polar surface area (TPSA) is 122 Å². The Morgan fingerprint density at radius 1 is 1.18 bits per heavy atom. The van der Waals surface area contributed by atoms with Crippen molar-refractivity contribution in [2.45, 2.75) is 32.7 Å². The smallest absolute Gasteiger partial charge is 0.338 e. The highest BCUT2D eigenvalue weighted by Crippen LogP contribution is 2.38. The molecule has 11 heteroatoms. The van der Waals surface area contributed by atoms with Gasteiger partial charge in [-0.15, -0.1) is 0 Å². The van der Waals surface area contributed by atoms with Crippen molar-refractivity contribution < 1.29 is 23.9 Å². The number of hydrogen-bond donors (Lipinski definition) is 0. The molecule has 0 radical (unpaired) electrons. The molecule has 0 bridgehead atoms. The number of ether oxygens (including phenoxy) is 3. The fraction of sp³-hybridized carbons (Fsp3) is 0.296. The van der Waals surface area contributed by atoms with E-state index in [4.69, 9.17) is 19.2 Å². The summed E-state index contributed by atoms with van der Waals surface area (Å²) in [5.41, 5.74) is 1.35. The van der Waals surface area contributed by atoms with Crippen molar-refractivity contribution in [3.8, 4) is 11.5 Å². The molecular formula is C27H27N3O7S. The Bertz CT molecular complexity index is 1600. The minimum atomic E-state index is -0.885. The Hall–Kier alpha value is -4.25. The number of esters is 1. The molecule has 1 aliphatic heterocycles. The fourth-order valence-electron chi connectivity index (χ4n) is 4.35. The van der Waals surface area contributed by atoms with Crippen LogP contribution in [-0.4, -0.2) is 36.3 Å². The number of nitro groups is 1. The molecule has 2 heterocycles. The normalized spacial score (nSPS) is 15.1. The first-order valence-electron chi connectivity index (χ1n) is 12.0. The number of rotatable bonds is 9. The molecule has 38 heavy (non-hydrogen) atoms. The first-order chi connectivity index (χ1) is 18.3. The number of hydrogen-bond acceptors (Lipinski definition) is 9. The Morgan fingerprint density at radius 3 is 2.63 bits per heavy atom. The maximum absolute atomic E-state index is 13.9. The van der Waals surface area contributed by atoms with Crippen LogP contribution in [0.4, 0.5) is 5.69 Å². The van der Waals surface area contributed by atoms with Gasteiger partial charge < -0.3 is 14.2 Å². The number of methoxy groups -OCH3 is 2. The van der Waals surface area contributed by atoms with E-state index in [9.17, 15) is 19.7 Å². The number of carbonyl (C=O) groups excluding carboxylic acids is 1. The number of nitro benzene ring substituents is 1. The molecule has 0 saturated carbocycles. The molecule has 198 valence electrons. The second kappa shape index (κ2) is 11.4. The highest BCUT2D eigenvalue weighted by molar-refractivity contribution is 7.07. The number of nitrogens with zero attached hydrogens (tertiary/aromatic N) is 3. The maximum atomic E-state index is 13.9. The Morgan fingerprint density at radius 2 is 1.97 bits per heavy atom. The van der Waals surface area contributed by atoms with Crippen molar-refractivity contribution in [1.29, 1.82) is 0 Å². The molecule has 1 aliphatic rings. The van der Waals surface area contributed by atoms with E-state index in [1.807, 2.05) is 6.92 Å². The van der Waals surface area contributed by atoms with E-state index >= 15 is 0 Å². The summed E-state index contributed by atoms with van der Waals surface area (Å²) in [4.78, 5) is 43.1. The number of allylic oxidation sites excluding steroid dienone is 1. The fourth-order valence-corrected chi connectivity index (χ4v) is 5.37. The standard InChI is InChI=1S/C27H27N3O7S/c1-5-8-20-23(26(32)37-6-2)24(19-15-18(35-3)11-12-21(19)36-4)29-25(31)22(38-27(29)28-20)14-16-9-7-10-17(13-16)30(33)34/h7,9-15,24H,5-6,8H2,1-4H3/b22-14-/t24-/m0/s1. The Balaban J connectivity index is 2.04. The SMILES string of the molecule is CCCC1=C(C(=O)OCC)[C@H](c2cc(OC)ccc2OC)n2c(s/c(=C\c3cccc([N+](=O)[O-])c3)c2=O)=N1. The molecule has 0 spiro atoms. The van der Waals surface area contributed by atoms with Crippen LogP contribution in [0.1, 0.15) is 43.9 Å². The summed E-state index contributed by atoms with van der Waals surface area (Å²) in [6.07, 6.45) is 2.79. The van der Waals surface area contributed by atoms with Gasteiger partial charge in [-0.2, -0.15) is 0 Å². The van der Waals surface area contributed by atoms with Crippen LogP contribution in [-0.2, 0) is 9.53 Å². The Labute approximate surface area is 222 Å². The quantitative estimate of drug-likeness (QED) is 0.233. The maximum Gasteiger partial charge on any atom is 0.338 e. The molecule has 0 unspecified atom stereocenters.